The van der Waals surface area contributed by atoms with Crippen LogP contribution in [0.3, 0.4) is 0 Å². The maximum absolute atomic E-state index is 13.4. The van der Waals surface area contributed by atoms with Crippen molar-refractivity contribution < 1.29 is 95.3 Å². The summed E-state index contributed by atoms with van der Waals surface area (Å²) in [6, 6.07) is 0. The number of hydrogen-bond donors (Lipinski definition) is 2. The summed E-state index contributed by atoms with van der Waals surface area (Å²) in [5.41, 5.74) is 0. The first-order valence-corrected chi connectivity index (χ1v) is 53.6. The molecule has 2 N–H and O–H groups in total. The van der Waals surface area contributed by atoms with Gasteiger partial charge in [-0.05, 0) is 60.9 Å². The number of ether oxygens (including phenoxy) is 10. The standard InChI is InChI=1S/C93H173N5O20S5/c1-11-16-21-26-31-36-69-119-74-79(6)89(104)114-64-59-109-84(99)41-50-96(51-42-85(100)110-60-65-115-90(105)80(7)75-120-70-37-32-27-22-17-12-2)55-48-94-46-47-95-49-56-98(54-45-88(103)113-63-68-118-93(108)83(10)78-123-73-40-35-30-25-20-15-5)58-57-97(52-43-86(101)111-61-66-116-91(106)81(8)76-121-71-38-33-28-23-18-13-3)53-44-87(102)112-62-67-117-92(107)82(9)77-122-72-39-34-29-24-19-14-4/h79-83,94-95H,11-78H2,1-10H3. The van der Waals surface area contributed by atoms with Crippen molar-refractivity contribution in [3.8, 4) is 0 Å². The van der Waals surface area contributed by atoms with Crippen LogP contribution in [-0.4, -0.2) is 283 Å². The van der Waals surface area contributed by atoms with Crippen LogP contribution >= 0.6 is 58.8 Å². The molecule has 0 spiro atoms. The zero-order chi connectivity index (χ0) is 90.5. The molecule has 0 aromatic rings. The summed E-state index contributed by atoms with van der Waals surface area (Å²) in [5.74, 6) is 2.71. The van der Waals surface area contributed by atoms with Crippen LogP contribution in [0, 0.1) is 29.6 Å². The number of nitrogens with zero attached hydrogens (tertiary/aromatic N) is 3. The van der Waals surface area contributed by atoms with Gasteiger partial charge in [-0.1, -0.05) is 230 Å². The molecular formula is C93H173N5O20S5. The van der Waals surface area contributed by atoms with E-state index < -0.39 is 29.8 Å². The molecule has 0 aromatic heterocycles. The Morgan fingerprint density at radius 2 is 0.390 bits per heavy atom. The lowest BCUT2D eigenvalue weighted by Crippen LogP contribution is -2.42. The second-order valence-corrected chi connectivity index (χ2v) is 38.2. The van der Waals surface area contributed by atoms with Crippen molar-refractivity contribution in [2.45, 2.75) is 294 Å². The first-order chi connectivity index (χ1) is 59.7. The number of carbonyl (C=O) groups excluding carboxylic acids is 10. The average Bonchev–Trinajstić information content (AvgIpc) is 0.944. The van der Waals surface area contributed by atoms with Crippen molar-refractivity contribution in [2.75, 3.05) is 209 Å². The van der Waals surface area contributed by atoms with E-state index in [9.17, 15) is 47.9 Å². The Kier molecular flexibility index (Phi) is 86.2. The van der Waals surface area contributed by atoms with E-state index in [0.717, 1.165) is 60.9 Å². The van der Waals surface area contributed by atoms with Gasteiger partial charge in [-0.3, -0.25) is 47.9 Å². The largest absolute Gasteiger partial charge is 0.462 e. The van der Waals surface area contributed by atoms with E-state index in [0.29, 0.717) is 87.7 Å². The van der Waals surface area contributed by atoms with Crippen molar-refractivity contribution in [3.63, 3.8) is 0 Å². The van der Waals surface area contributed by atoms with E-state index in [2.05, 4.69) is 50.2 Å². The van der Waals surface area contributed by atoms with Crippen LogP contribution in [0.1, 0.15) is 294 Å². The highest BCUT2D eigenvalue weighted by atomic mass is 32.2. The van der Waals surface area contributed by atoms with Crippen LogP contribution in [0.15, 0.2) is 0 Å². The van der Waals surface area contributed by atoms with Crippen LogP contribution < -0.4 is 10.6 Å². The highest BCUT2D eigenvalue weighted by Gasteiger charge is 2.23. The smallest absolute Gasteiger partial charge is 0.309 e. The molecule has 0 bridgehead atoms. The number of nitrogens with one attached hydrogen (secondary N) is 2. The zero-order valence-electron chi connectivity index (χ0n) is 78.5. The molecule has 720 valence electrons. The Morgan fingerprint density at radius 1 is 0.220 bits per heavy atom. The lowest BCUT2D eigenvalue weighted by atomic mass is 10.1. The predicted octanol–water partition coefficient (Wildman–Crippen LogP) is 17.1. The van der Waals surface area contributed by atoms with Crippen LogP contribution in [0.25, 0.3) is 0 Å². The fraction of sp³-hybridized carbons (Fsp3) is 0.892. The molecule has 5 unspecified atom stereocenters. The van der Waals surface area contributed by atoms with Crippen molar-refractivity contribution in [1.82, 2.24) is 25.3 Å². The Balaban J connectivity index is 6.20. The maximum Gasteiger partial charge on any atom is 0.309 e. The van der Waals surface area contributed by atoms with Gasteiger partial charge in [-0.2, -0.15) is 58.8 Å². The van der Waals surface area contributed by atoms with Gasteiger partial charge in [0, 0.05) is 114 Å². The molecule has 0 aliphatic heterocycles. The summed E-state index contributed by atoms with van der Waals surface area (Å²) in [6.45, 7) is 24.6. The Morgan fingerprint density at radius 3 is 0.593 bits per heavy atom. The average molecular weight is 1840 g/mol. The molecule has 0 radical (unpaired) electrons. The third-order valence-electron chi connectivity index (χ3n) is 20.6. The molecule has 0 saturated carbocycles. The van der Waals surface area contributed by atoms with E-state index in [4.69, 9.17) is 47.4 Å². The zero-order valence-corrected chi connectivity index (χ0v) is 82.6. The van der Waals surface area contributed by atoms with Crippen LogP contribution in [-0.2, 0) is 95.3 Å². The van der Waals surface area contributed by atoms with Crippen LogP contribution in [0.2, 0.25) is 0 Å². The van der Waals surface area contributed by atoms with E-state index in [1.807, 2.05) is 44.4 Å². The summed E-state index contributed by atoms with van der Waals surface area (Å²) >= 11 is 8.75. The minimum Gasteiger partial charge on any atom is -0.462 e. The third kappa shape index (κ3) is 79.0. The van der Waals surface area contributed by atoms with Crippen LogP contribution in [0.5, 0.6) is 0 Å². The topological polar surface area (TPSA) is 297 Å². The van der Waals surface area contributed by atoms with Gasteiger partial charge < -0.3 is 72.7 Å². The molecule has 5 atom stereocenters. The number of esters is 10. The normalized spacial score (nSPS) is 12.7. The highest BCUT2D eigenvalue weighted by molar-refractivity contribution is 8.00. The molecule has 0 fully saturated rings. The van der Waals surface area contributed by atoms with Crippen molar-refractivity contribution in [2.24, 2.45) is 29.6 Å². The van der Waals surface area contributed by atoms with Gasteiger partial charge in [0.2, 0.25) is 0 Å². The first kappa shape index (κ1) is 119. The summed E-state index contributed by atoms with van der Waals surface area (Å²) < 4.78 is 55.0. The third-order valence-corrected chi connectivity index (χ3v) is 27.2. The summed E-state index contributed by atoms with van der Waals surface area (Å²) in [5, 5.41) is 6.94. The molecule has 0 amide bonds. The quantitative estimate of drug-likeness (QED) is 0.0325. The fourth-order valence-corrected chi connectivity index (χ4v) is 17.9. The van der Waals surface area contributed by atoms with Crippen molar-refractivity contribution >= 4 is 119 Å². The van der Waals surface area contributed by atoms with E-state index in [1.165, 1.54) is 161 Å². The lowest BCUT2D eigenvalue weighted by molar-refractivity contribution is -0.154. The minimum absolute atomic E-state index is 0.0234. The van der Waals surface area contributed by atoms with E-state index in [-0.39, 0.29) is 184 Å². The highest BCUT2D eigenvalue weighted by Crippen LogP contribution is 2.21. The van der Waals surface area contributed by atoms with Crippen LogP contribution in [0.4, 0.5) is 0 Å². The second-order valence-electron chi connectivity index (χ2n) is 32.4. The van der Waals surface area contributed by atoms with Gasteiger partial charge >= 0.3 is 59.7 Å². The summed E-state index contributed by atoms with van der Waals surface area (Å²) in [7, 11) is 0. The number of rotatable bonds is 92. The number of thioether (sulfide) groups is 5. The second kappa shape index (κ2) is 88.9. The van der Waals surface area contributed by atoms with Crippen molar-refractivity contribution in [3.05, 3.63) is 0 Å². The molecule has 30 heteroatoms. The molecular weight excluding hydrogens is 1670 g/mol. The predicted molar refractivity (Wildman–Crippen MR) is 507 cm³/mol. The monoisotopic (exact) mass is 1840 g/mol. The Labute approximate surface area is 766 Å². The first-order valence-electron chi connectivity index (χ1n) is 47.8. The van der Waals surface area contributed by atoms with Gasteiger partial charge in [-0.25, -0.2) is 0 Å². The molecule has 0 saturated heterocycles. The SMILES string of the molecule is CCCCCCCCSCC(C)C(=O)OCCOC(=O)CCN(CCNCCNCCN(CCC(=O)OCCOC(=O)C(C)CSCCCCCCCC)CCN(CCC(=O)OCCOC(=O)C(C)CSCCCCCCCC)CCC(=O)OCCOC(=O)C(C)CSCCCCCCCC)CCC(=O)OCCOC(=O)C(C)CSCCCCCCCC. The molecule has 0 aliphatic rings. The lowest BCUT2D eigenvalue weighted by Gasteiger charge is -2.27. The summed E-state index contributed by atoms with van der Waals surface area (Å²) in [4.78, 5) is 136. The Bertz CT molecular complexity index is 2470. The molecule has 0 rings (SSSR count). The fourth-order valence-electron chi connectivity index (χ4n) is 12.6. The number of unbranched alkanes of at least 4 members (excludes halogenated alkanes) is 25. The van der Waals surface area contributed by atoms with E-state index in [1.54, 1.807) is 58.8 Å². The van der Waals surface area contributed by atoms with Gasteiger partial charge in [0.15, 0.2) is 0 Å². The molecule has 123 heavy (non-hydrogen) atoms. The van der Waals surface area contributed by atoms with Crippen molar-refractivity contribution in [1.29, 1.82) is 0 Å². The van der Waals surface area contributed by atoms with Gasteiger partial charge in [0.1, 0.15) is 66.1 Å². The Hall–Kier alpha value is -3.75. The number of hydrogen-bond acceptors (Lipinski definition) is 30. The number of carbonyl (C=O) groups is 10. The molecule has 0 aliphatic carbocycles. The van der Waals surface area contributed by atoms with Gasteiger partial charge in [0.05, 0.1) is 61.7 Å². The van der Waals surface area contributed by atoms with Gasteiger partial charge in [0.25, 0.3) is 0 Å². The molecule has 0 heterocycles. The summed E-state index contributed by atoms with van der Waals surface area (Å²) in [6.07, 6.45) is 36.4. The molecule has 0 aromatic carbocycles. The maximum atomic E-state index is 13.4. The minimum atomic E-state index is -0.507. The molecule has 25 nitrogen and oxygen atoms in total. The van der Waals surface area contributed by atoms with E-state index >= 15 is 0 Å². The van der Waals surface area contributed by atoms with Gasteiger partial charge in [-0.15, -0.1) is 0 Å².